The van der Waals surface area contributed by atoms with Crippen LogP contribution in [0.1, 0.15) is 39.4 Å². The summed E-state index contributed by atoms with van der Waals surface area (Å²) in [5.41, 5.74) is 0.872. The van der Waals surface area contributed by atoms with Crippen molar-refractivity contribution in [3.8, 4) is 0 Å². The first-order valence-corrected chi connectivity index (χ1v) is 6.19. The van der Waals surface area contributed by atoms with E-state index in [9.17, 15) is 5.11 Å². The molecule has 1 rings (SSSR count). The van der Waals surface area contributed by atoms with E-state index in [4.69, 9.17) is 0 Å². The van der Waals surface area contributed by atoms with Gasteiger partial charge in [0.1, 0.15) is 0 Å². The molecule has 0 amide bonds. The van der Waals surface area contributed by atoms with E-state index in [1.807, 2.05) is 12.1 Å². The van der Waals surface area contributed by atoms with Crippen LogP contribution in [0, 0.1) is 5.92 Å². The Kier molecular flexibility index (Phi) is 4.61. The van der Waals surface area contributed by atoms with Crippen molar-refractivity contribution in [3.05, 3.63) is 23.9 Å². The fourth-order valence-electron chi connectivity index (χ4n) is 1.04. The molecule has 2 nitrogen and oxygen atoms in total. The van der Waals surface area contributed by atoms with Crippen molar-refractivity contribution in [2.24, 2.45) is 5.92 Å². The molecule has 1 aromatic heterocycles. The summed E-state index contributed by atoms with van der Waals surface area (Å²) in [6.07, 6.45) is 1.32. The average molecular weight is 225 g/mol. The molecular formula is C12H19NOS. The maximum Gasteiger partial charge on any atom is 0.0962 e. The Labute approximate surface area is 96.1 Å². The maximum atomic E-state index is 9.34. The average Bonchev–Trinajstić information content (AvgIpc) is 2.18. The van der Waals surface area contributed by atoms with Crippen LogP contribution in [0.15, 0.2) is 23.4 Å². The molecule has 0 saturated carbocycles. The minimum atomic E-state index is -0.431. The lowest BCUT2D eigenvalue weighted by molar-refractivity contribution is 0.198. The molecule has 1 heterocycles. The Morgan fingerprint density at radius 1 is 1.20 bits per heavy atom. The molecule has 15 heavy (non-hydrogen) atoms. The monoisotopic (exact) mass is 225 g/mol. The first-order valence-electron chi connectivity index (χ1n) is 5.31. The van der Waals surface area contributed by atoms with Gasteiger partial charge in [0.2, 0.25) is 0 Å². The number of aliphatic hydroxyl groups is 1. The number of aromatic nitrogens is 1. The molecule has 0 radical (unpaired) electrons. The molecule has 0 aliphatic heterocycles. The predicted molar refractivity (Wildman–Crippen MR) is 65.0 cm³/mol. The quantitative estimate of drug-likeness (QED) is 0.798. The standard InChI is InChI=1S/C12H19NOS/c1-8(2)10(4)15-12-6-5-11(7-13-12)9(3)14/h5-10,14H,1-4H3/t9-,10?/m1/s1. The Balaban J connectivity index is 2.64. The molecule has 0 spiro atoms. The van der Waals surface area contributed by atoms with Crippen LogP contribution in [0.3, 0.4) is 0 Å². The summed E-state index contributed by atoms with van der Waals surface area (Å²) in [5.74, 6) is 0.647. The number of pyridine rings is 1. The zero-order valence-corrected chi connectivity index (χ0v) is 10.6. The summed E-state index contributed by atoms with van der Waals surface area (Å²) >= 11 is 1.78. The van der Waals surface area contributed by atoms with E-state index < -0.39 is 6.10 Å². The molecule has 3 heteroatoms. The summed E-state index contributed by atoms with van der Waals surface area (Å²) in [7, 11) is 0. The zero-order valence-electron chi connectivity index (χ0n) is 9.77. The van der Waals surface area contributed by atoms with E-state index in [0.717, 1.165) is 10.6 Å². The molecule has 0 bridgehead atoms. The lowest BCUT2D eigenvalue weighted by atomic mass is 10.2. The summed E-state index contributed by atoms with van der Waals surface area (Å²) in [6.45, 7) is 8.38. The second kappa shape index (κ2) is 5.52. The van der Waals surface area contributed by atoms with E-state index in [1.165, 1.54) is 0 Å². The minimum Gasteiger partial charge on any atom is -0.389 e. The fourth-order valence-corrected chi connectivity index (χ4v) is 1.95. The van der Waals surface area contributed by atoms with E-state index in [1.54, 1.807) is 24.9 Å². The lowest BCUT2D eigenvalue weighted by Crippen LogP contribution is -2.05. The lowest BCUT2D eigenvalue weighted by Gasteiger charge is -2.14. The SMILES string of the molecule is CC(C)C(C)Sc1ccc([C@@H](C)O)cn1. The summed E-state index contributed by atoms with van der Waals surface area (Å²) < 4.78 is 0. The van der Waals surface area contributed by atoms with Gasteiger partial charge in [0.25, 0.3) is 0 Å². The van der Waals surface area contributed by atoms with Gasteiger partial charge in [0.15, 0.2) is 0 Å². The number of nitrogens with zero attached hydrogens (tertiary/aromatic N) is 1. The zero-order chi connectivity index (χ0) is 11.4. The van der Waals surface area contributed by atoms with Crippen molar-refractivity contribution >= 4 is 11.8 Å². The highest BCUT2D eigenvalue weighted by Crippen LogP contribution is 2.26. The van der Waals surface area contributed by atoms with Crippen molar-refractivity contribution in [1.82, 2.24) is 4.98 Å². The van der Waals surface area contributed by atoms with E-state index in [0.29, 0.717) is 11.2 Å². The van der Waals surface area contributed by atoms with Crippen LogP contribution in [-0.2, 0) is 0 Å². The molecule has 1 unspecified atom stereocenters. The van der Waals surface area contributed by atoms with Crippen molar-refractivity contribution in [3.63, 3.8) is 0 Å². The third kappa shape index (κ3) is 3.84. The maximum absolute atomic E-state index is 9.34. The van der Waals surface area contributed by atoms with E-state index >= 15 is 0 Å². The van der Waals surface area contributed by atoms with Gasteiger partial charge in [-0.05, 0) is 24.5 Å². The van der Waals surface area contributed by atoms with Crippen molar-refractivity contribution in [1.29, 1.82) is 0 Å². The molecule has 84 valence electrons. The van der Waals surface area contributed by atoms with Gasteiger partial charge in [-0.2, -0.15) is 0 Å². The molecule has 2 atom stereocenters. The van der Waals surface area contributed by atoms with E-state index in [-0.39, 0.29) is 0 Å². The van der Waals surface area contributed by atoms with Gasteiger partial charge < -0.3 is 5.11 Å². The van der Waals surface area contributed by atoms with Gasteiger partial charge in [-0.3, -0.25) is 0 Å². The predicted octanol–water partition coefficient (Wildman–Crippen LogP) is 3.27. The smallest absolute Gasteiger partial charge is 0.0962 e. The highest BCUT2D eigenvalue weighted by molar-refractivity contribution is 7.99. The number of thioether (sulfide) groups is 1. The second-order valence-corrected chi connectivity index (χ2v) is 5.57. The molecule has 1 aromatic rings. The topological polar surface area (TPSA) is 33.1 Å². The van der Waals surface area contributed by atoms with Crippen LogP contribution >= 0.6 is 11.8 Å². The van der Waals surface area contributed by atoms with Gasteiger partial charge in [0, 0.05) is 11.4 Å². The first-order chi connectivity index (χ1) is 7.00. The van der Waals surface area contributed by atoms with Gasteiger partial charge in [0.05, 0.1) is 11.1 Å². The first kappa shape index (κ1) is 12.5. The third-order valence-electron chi connectivity index (χ3n) is 2.49. The largest absolute Gasteiger partial charge is 0.389 e. The van der Waals surface area contributed by atoms with Crippen LogP contribution in [0.2, 0.25) is 0 Å². The Morgan fingerprint density at radius 2 is 1.87 bits per heavy atom. The molecule has 0 aliphatic rings. The van der Waals surface area contributed by atoms with Gasteiger partial charge in [-0.25, -0.2) is 4.98 Å². The van der Waals surface area contributed by atoms with Crippen LogP contribution in [-0.4, -0.2) is 15.3 Å². The Hall–Kier alpha value is -0.540. The summed E-state index contributed by atoms with van der Waals surface area (Å²) in [4.78, 5) is 4.33. The molecule has 0 aromatic carbocycles. The van der Waals surface area contributed by atoms with Gasteiger partial charge in [-0.15, -0.1) is 11.8 Å². The van der Waals surface area contributed by atoms with E-state index in [2.05, 4.69) is 25.8 Å². The molecular weight excluding hydrogens is 206 g/mol. The molecule has 1 N–H and O–H groups in total. The van der Waals surface area contributed by atoms with Crippen molar-refractivity contribution < 1.29 is 5.11 Å². The highest BCUT2D eigenvalue weighted by atomic mass is 32.2. The van der Waals surface area contributed by atoms with Crippen LogP contribution < -0.4 is 0 Å². The third-order valence-corrected chi connectivity index (χ3v) is 3.89. The molecule has 0 saturated heterocycles. The van der Waals surface area contributed by atoms with Crippen LogP contribution in [0.4, 0.5) is 0 Å². The fraction of sp³-hybridized carbons (Fsp3) is 0.583. The number of hydrogen-bond donors (Lipinski definition) is 1. The molecule has 0 fully saturated rings. The highest BCUT2D eigenvalue weighted by Gasteiger charge is 2.09. The van der Waals surface area contributed by atoms with Gasteiger partial charge in [-0.1, -0.05) is 26.8 Å². The Bertz CT molecular complexity index is 295. The Morgan fingerprint density at radius 3 is 2.27 bits per heavy atom. The normalized spacial score (nSPS) is 15.3. The van der Waals surface area contributed by atoms with Crippen LogP contribution in [0.25, 0.3) is 0 Å². The second-order valence-electron chi connectivity index (χ2n) is 4.17. The number of hydrogen-bond acceptors (Lipinski definition) is 3. The van der Waals surface area contributed by atoms with Gasteiger partial charge >= 0.3 is 0 Å². The van der Waals surface area contributed by atoms with Crippen molar-refractivity contribution in [2.45, 2.75) is 44.1 Å². The summed E-state index contributed by atoms with van der Waals surface area (Å²) in [6, 6.07) is 3.92. The molecule has 0 aliphatic carbocycles. The van der Waals surface area contributed by atoms with Crippen molar-refractivity contribution in [2.75, 3.05) is 0 Å². The minimum absolute atomic E-state index is 0.431. The summed E-state index contributed by atoms with van der Waals surface area (Å²) in [5, 5.41) is 10.9. The number of aliphatic hydroxyl groups excluding tert-OH is 1. The number of rotatable bonds is 4. The van der Waals surface area contributed by atoms with Crippen LogP contribution in [0.5, 0.6) is 0 Å².